The van der Waals surface area contributed by atoms with Crippen LogP contribution >= 0.6 is 0 Å². The van der Waals surface area contributed by atoms with Crippen LogP contribution in [0.3, 0.4) is 0 Å². The summed E-state index contributed by atoms with van der Waals surface area (Å²) >= 11 is 0. The van der Waals surface area contributed by atoms with E-state index in [1.54, 1.807) is 0 Å². The van der Waals surface area contributed by atoms with Crippen LogP contribution in [0.2, 0.25) is 0 Å². The molecule has 0 radical (unpaired) electrons. The largest absolute Gasteiger partial charge is 0.348 e. The number of Topliss-reactive ketones (excluding diaryl/α,β-unsaturated/α-hetero) is 1. The third-order valence-corrected chi connectivity index (χ3v) is 1.31. The van der Waals surface area contributed by atoms with E-state index in [4.69, 9.17) is 0 Å². The van der Waals surface area contributed by atoms with Crippen LogP contribution in [0.15, 0.2) is 0 Å². The summed E-state index contributed by atoms with van der Waals surface area (Å²) in [5, 5.41) is 2.27. The lowest BCUT2D eigenvalue weighted by molar-refractivity contribution is -0.132. The van der Waals surface area contributed by atoms with E-state index in [-0.39, 0.29) is 6.29 Å². The number of hydrogen-bond acceptors (Lipinski definition) is 3. The molecular weight excluding hydrogens is 146 g/mol. The van der Waals surface area contributed by atoms with Crippen LogP contribution in [-0.2, 0) is 14.4 Å². The first kappa shape index (κ1) is 9.81. The van der Waals surface area contributed by atoms with Gasteiger partial charge in [-0.3, -0.25) is 14.4 Å². The van der Waals surface area contributed by atoms with E-state index in [2.05, 4.69) is 5.32 Å². The molecule has 0 aromatic rings. The molecule has 0 rings (SSSR count). The number of aldehydes is 1. The third kappa shape index (κ3) is 3.50. The van der Waals surface area contributed by atoms with Gasteiger partial charge >= 0.3 is 0 Å². The number of nitrogens with one attached hydrogen (secondary N) is 1. The zero-order chi connectivity index (χ0) is 8.69. The smallest absolute Gasteiger partial charge is 0.217 e. The highest BCUT2D eigenvalue weighted by molar-refractivity contribution is 6.27. The van der Waals surface area contributed by atoms with E-state index in [1.807, 2.05) is 6.92 Å². The summed E-state index contributed by atoms with van der Waals surface area (Å²) in [4.78, 5) is 30.6. The van der Waals surface area contributed by atoms with Gasteiger partial charge in [-0.2, -0.15) is 0 Å². The van der Waals surface area contributed by atoms with E-state index in [0.29, 0.717) is 12.8 Å². The maximum Gasteiger partial charge on any atom is 0.217 e. The Morgan fingerprint density at radius 2 is 2.18 bits per heavy atom. The van der Waals surface area contributed by atoms with Crippen molar-refractivity contribution in [2.24, 2.45) is 0 Å². The van der Waals surface area contributed by atoms with Crippen molar-refractivity contribution in [3.8, 4) is 0 Å². The number of carbonyl (C=O) groups is 3. The second kappa shape index (κ2) is 5.58. The number of rotatable bonds is 6. The van der Waals surface area contributed by atoms with Crippen LogP contribution in [0, 0.1) is 0 Å². The molecule has 1 N–H and O–H groups in total. The molecule has 4 heteroatoms. The van der Waals surface area contributed by atoms with Crippen LogP contribution in [0.4, 0.5) is 0 Å². The molecule has 0 aromatic heterocycles. The van der Waals surface area contributed by atoms with Gasteiger partial charge in [0.2, 0.25) is 12.2 Å². The monoisotopic (exact) mass is 157 g/mol. The Morgan fingerprint density at radius 3 is 2.55 bits per heavy atom. The Morgan fingerprint density at radius 1 is 1.55 bits per heavy atom. The lowest BCUT2D eigenvalue weighted by Crippen LogP contribution is -2.36. The van der Waals surface area contributed by atoms with Crippen molar-refractivity contribution in [2.75, 3.05) is 0 Å². The van der Waals surface area contributed by atoms with Gasteiger partial charge in [0.25, 0.3) is 0 Å². The average molecular weight is 157 g/mol. The molecular formula is C7H11NO3. The third-order valence-electron chi connectivity index (χ3n) is 1.31. The van der Waals surface area contributed by atoms with Crippen molar-refractivity contribution >= 4 is 18.5 Å². The van der Waals surface area contributed by atoms with Crippen molar-refractivity contribution in [2.45, 2.75) is 25.8 Å². The molecule has 1 amide bonds. The van der Waals surface area contributed by atoms with E-state index in [1.165, 1.54) is 0 Å². The van der Waals surface area contributed by atoms with Gasteiger partial charge in [0, 0.05) is 0 Å². The minimum atomic E-state index is -0.630. The zero-order valence-electron chi connectivity index (χ0n) is 6.37. The number of amides is 1. The molecule has 0 saturated carbocycles. The van der Waals surface area contributed by atoms with E-state index in [9.17, 15) is 14.4 Å². The van der Waals surface area contributed by atoms with E-state index in [0.717, 1.165) is 6.42 Å². The normalized spacial score (nSPS) is 11.7. The van der Waals surface area contributed by atoms with Gasteiger partial charge < -0.3 is 5.32 Å². The molecule has 0 aliphatic rings. The van der Waals surface area contributed by atoms with Crippen molar-refractivity contribution < 1.29 is 14.4 Å². The second-order valence-corrected chi connectivity index (χ2v) is 2.15. The molecule has 0 heterocycles. The average Bonchev–Trinajstić information content (AvgIpc) is 2.03. The van der Waals surface area contributed by atoms with E-state index >= 15 is 0 Å². The number of carbonyl (C=O) groups excluding carboxylic acids is 3. The Balaban J connectivity index is 3.95. The Bertz CT molecular complexity index is 156. The summed E-state index contributed by atoms with van der Waals surface area (Å²) in [7, 11) is 0. The molecule has 0 fully saturated rings. The predicted molar refractivity (Wildman–Crippen MR) is 39.0 cm³/mol. The predicted octanol–water partition coefficient (Wildman–Crippen LogP) is -0.331. The summed E-state index contributed by atoms with van der Waals surface area (Å²) in [6.07, 6.45) is 1.93. The molecule has 0 aliphatic carbocycles. The fraction of sp³-hybridized carbons (Fsp3) is 0.571. The fourth-order valence-corrected chi connectivity index (χ4v) is 0.761. The van der Waals surface area contributed by atoms with Gasteiger partial charge in [-0.15, -0.1) is 0 Å². The molecule has 1 atom stereocenters. The SMILES string of the molecule is CCCC(NC=O)C(=O)C=O. The highest BCUT2D eigenvalue weighted by Crippen LogP contribution is 1.95. The molecule has 0 aliphatic heterocycles. The zero-order valence-corrected chi connectivity index (χ0v) is 6.37. The van der Waals surface area contributed by atoms with Gasteiger partial charge in [-0.05, 0) is 6.42 Å². The molecule has 0 bridgehead atoms. The molecule has 0 aromatic carbocycles. The maximum absolute atomic E-state index is 10.7. The highest BCUT2D eigenvalue weighted by atomic mass is 16.2. The minimum absolute atomic E-state index is 0.233. The second-order valence-electron chi connectivity index (χ2n) is 2.15. The summed E-state index contributed by atoms with van der Waals surface area (Å²) < 4.78 is 0. The van der Waals surface area contributed by atoms with Crippen molar-refractivity contribution in [3.05, 3.63) is 0 Å². The first-order valence-electron chi connectivity index (χ1n) is 3.45. The Labute approximate surface area is 65.0 Å². The first-order valence-corrected chi connectivity index (χ1v) is 3.45. The first-order chi connectivity index (χ1) is 5.26. The van der Waals surface area contributed by atoms with Gasteiger partial charge in [-0.1, -0.05) is 13.3 Å². The van der Waals surface area contributed by atoms with Crippen molar-refractivity contribution in [1.82, 2.24) is 5.32 Å². The quantitative estimate of drug-likeness (QED) is 0.424. The van der Waals surface area contributed by atoms with Gasteiger partial charge in [-0.25, -0.2) is 0 Å². The van der Waals surface area contributed by atoms with Crippen LogP contribution in [0.5, 0.6) is 0 Å². The summed E-state index contributed by atoms with van der Waals surface area (Å²) in [5.41, 5.74) is 0. The Hall–Kier alpha value is -1.19. The Kier molecular flexibility index (Phi) is 4.98. The fourth-order valence-electron chi connectivity index (χ4n) is 0.761. The van der Waals surface area contributed by atoms with Crippen LogP contribution < -0.4 is 5.32 Å². The standard InChI is InChI=1S/C7H11NO3/c1-2-3-6(8-5-10)7(11)4-9/h4-6H,2-3H2,1H3,(H,8,10). The number of hydrogen-bond donors (Lipinski definition) is 1. The van der Waals surface area contributed by atoms with Gasteiger partial charge in [0.05, 0.1) is 6.04 Å². The molecule has 11 heavy (non-hydrogen) atoms. The lowest BCUT2D eigenvalue weighted by atomic mass is 10.1. The summed E-state index contributed by atoms with van der Waals surface area (Å²) in [6.45, 7) is 1.87. The molecule has 62 valence electrons. The molecule has 0 saturated heterocycles. The molecule has 4 nitrogen and oxygen atoms in total. The summed E-state index contributed by atoms with van der Waals surface area (Å²) in [5.74, 6) is -0.570. The molecule has 0 spiro atoms. The topological polar surface area (TPSA) is 63.2 Å². The van der Waals surface area contributed by atoms with Crippen molar-refractivity contribution in [3.63, 3.8) is 0 Å². The summed E-state index contributed by atoms with van der Waals surface area (Å²) in [6, 6.07) is -0.630. The lowest BCUT2D eigenvalue weighted by Gasteiger charge is -2.08. The van der Waals surface area contributed by atoms with Crippen LogP contribution in [-0.4, -0.2) is 24.5 Å². The van der Waals surface area contributed by atoms with Crippen LogP contribution in [0.1, 0.15) is 19.8 Å². The minimum Gasteiger partial charge on any atom is -0.348 e. The van der Waals surface area contributed by atoms with Gasteiger partial charge in [0.1, 0.15) is 0 Å². The van der Waals surface area contributed by atoms with Gasteiger partial charge in [0.15, 0.2) is 6.29 Å². The highest BCUT2D eigenvalue weighted by Gasteiger charge is 2.14. The molecule has 1 unspecified atom stereocenters. The van der Waals surface area contributed by atoms with Crippen molar-refractivity contribution in [1.29, 1.82) is 0 Å². The van der Waals surface area contributed by atoms with Crippen LogP contribution in [0.25, 0.3) is 0 Å². The maximum atomic E-state index is 10.7. The van der Waals surface area contributed by atoms with E-state index < -0.39 is 11.8 Å². The number of ketones is 1.